The number of hydrogen-bond acceptors (Lipinski definition) is 3. The van der Waals surface area contributed by atoms with Crippen molar-refractivity contribution in [3.63, 3.8) is 0 Å². The zero-order chi connectivity index (χ0) is 12.1. The molecule has 0 spiro atoms. The van der Waals surface area contributed by atoms with E-state index in [4.69, 9.17) is 18.1 Å². The molecule has 4 nitrogen and oxygen atoms in total. The van der Waals surface area contributed by atoms with Crippen LogP contribution in [0, 0.1) is 0 Å². The number of alkyl halides is 3. The number of hydrogen-bond donors (Lipinski definition) is 2. The van der Waals surface area contributed by atoms with E-state index in [0.717, 1.165) is 0 Å². The molecule has 15 heavy (non-hydrogen) atoms. The minimum atomic E-state index is -5.84. The number of para-hydroxylation sites is 1. The Balaban J connectivity index is 0.000000262. The van der Waals surface area contributed by atoms with Gasteiger partial charge < -0.3 is 5.11 Å². The summed E-state index contributed by atoms with van der Waals surface area (Å²) in [6, 6.07) is 8.71. The fourth-order valence-electron chi connectivity index (χ4n) is 0.428. The number of phenolic OH excluding ortho intramolecular Hbond substituents is 1. The SMILES string of the molecule is O=S(=O)(O)C(F)(F)F.Oc1ccccc1. The van der Waals surface area contributed by atoms with Crippen LogP contribution in [0.5, 0.6) is 5.75 Å². The molecule has 0 aliphatic heterocycles. The van der Waals surface area contributed by atoms with Gasteiger partial charge in [-0.05, 0) is 12.1 Å². The lowest BCUT2D eigenvalue weighted by Crippen LogP contribution is -2.21. The third-order valence-corrected chi connectivity index (χ3v) is 1.63. The van der Waals surface area contributed by atoms with E-state index in [1.807, 2.05) is 6.07 Å². The highest BCUT2D eigenvalue weighted by Gasteiger charge is 2.44. The molecule has 1 aromatic rings. The first-order chi connectivity index (χ1) is 6.64. The smallest absolute Gasteiger partial charge is 0.508 e. The van der Waals surface area contributed by atoms with Crippen molar-refractivity contribution in [2.45, 2.75) is 5.51 Å². The van der Waals surface area contributed by atoms with Crippen molar-refractivity contribution in [1.82, 2.24) is 0 Å². The monoisotopic (exact) mass is 244 g/mol. The van der Waals surface area contributed by atoms with Crippen LogP contribution >= 0.6 is 0 Å². The van der Waals surface area contributed by atoms with Crippen LogP contribution in [0.4, 0.5) is 13.2 Å². The van der Waals surface area contributed by atoms with Gasteiger partial charge in [-0.15, -0.1) is 0 Å². The van der Waals surface area contributed by atoms with Gasteiger partial charge in [-0.25, -0.2) is 0 Å². The van der Waals surface area contributed by atoms with Crippen LogP contribution in [0.15, 0.2) is 30.3 Å². The summed E-state index contributed by atoms with van der Waals surface area (Å²) >= 11 is 0. The molecule has 0 aromatic heterocycles. The summed E-state index contributed by atoms with van der Waals surface area (Å²) in [7, 11) is -5.84. The van der Waals surface area contributed by atoms with Crippen LogP contribution in [0.3, 0.4) is 0 Å². The van der Waals surface area contributed by atoms with E-state index in [-0.39, 0.29) is 0 Å². The standard InChI is InChI=1S/C6H6O.CHF3O3S/c7-6-4-2-1-3-5-6;2-1(3,4)8(5,6)7/h1-5,7H;(H,5,6,7). The third-order valence-electron chi connectivity index (χ3n) is 1.05. The second-order valence-corrected chi connectivity index (χ2v) is 3.67. The van der Waals surface area contributed by atoms with Gasteiger partial charge in [-0.2, -0.15) is 21.6 Å². The molecule has 0 aliphatic carbocycles. The van der Waals surface area contributed by atoms with Gasteiger partial charge in [-0.3, -0.25) is 4.55 Å². The number of benzene rings is 1. The zero-order valence-corrected chi connectivity index (χ0v) is 7.96. The Labute approximate surface area is 83.7 Å². The summed E-state index contributed by atoms with van der Waals surface area (Å²) in [5.41, 5.74) is -5.53. The van der Waals surface area contributed by atoms with Crippen molar-refractivity contribution in [3.05, 3.63) is 30.3 Å². The molecule has 86 valence electrons. The van der Waals surface area contributed by atoms with Crippen LogP contribution < -0.4 is 0 Å². The van der Waals surface area contributed by atoms with Gasteiger partial charge in [0.1, 0.15) is 5.75 Å². The predicted octanol–water partition coefficient (Wildman–Crippen LogP) is 1.79. The lowest BCUT2D eigenvalue weighted by molar-refractivity contribution is -0.0510. The molecular weight excluding hydrogens is 237 g/mol. The second-order valence-electron chi connectivity index (χ2n) is 2.26. The summed E-state index contributed by atoms with van der Waals surface area (Å²) in [6.45, 7) is 0. The largest absolute Gasteiger partial charge is 0.522 e. The quantitative estimate of drug-likeness (QED) is 0.539. The van der Waals surface area contributed by atoms with Crippen molar-refractivity contribution < 1.29 is 31.2 Å². The number of aromatic hydroxyl groups is 1. The molecular formula is C7H7F3O4S. The van der Waals surface area contributed by atoms with Gasteiger partial charge in [0, 0.05) is 0 Å². The molecule has 1 aromatic carbocycles. The fourth-order valence-corrected chi connectivity index (χ4v) is 0.428. The van der Waals surface area contributed by atoms with Gasteiger partial charge in [0.15, 0.2) is 0 Å². The van der Waals surface area contributed by atoms with Crippen molar-refractivity contribution >= 4 is 10.1 Å². The number of rotatable bonds is 0. The Morgan fingerprint density at radius 3 is 1.53 bits per heavy atom. The normalized spacial score (nSPS) is 11.5. The molecule has 1 rings (SSSR count). The first kappa shape index (κ1) is 13.7. The first-order valence-corrected chi connectivity index (χ1v) is 4.86. The van der Waals surface area contributed by atoms with E-state index >= 15 is 0 Å². The van der Waals surface area contributed by atoms with Crippen molar-refractivity contribution in [2.24, 2.45) is 0 Å². The molecule has 0 unspecified atom stereocenters. The second kappa shape index (κ2) is 4.99. The molecule has 0 heterocycles. The molecule has 0 aliphatic rings. The highest BCUT2D eigenvalue weighted by atomic mass is 32.2. The molecule has 0 atom stereocenters. The third kappa shape index (κ3) is 5.92. The van der Waals surface area contributed by atoms with Gasteiger partial charge in [0.05, 0.1) is 0 Å². The summed E-state index contributed by atoms with van der Waals surface area (Å²) in [5, 5.41) is 8.63. The van der Waals surface area contributed by atoms with E-state index in [1.165, 1.54) is 0 Å². The highest BCUT2D eigenvalue weighted by molar-refractivity contribution is 7.86. The number of phenols is 1. The minimum Gasteiger partial charge on any atom is -0.508 e. The topological polar surface area (TPSA) is 74.6 Å². The average Bonchev–Trinajstić information content (AvgIpc) is 2.02. The molecule has 0 bridgehead atoms. The molecule has 0 saturated heterocycles. The Hall–Kier alpha value is -1.28. The van der Waals surface area contributed by atoms with E-state index in [2.05, 4.69) is 0 Å². The average molecular weight is 244 g/mol. The molecule has 8 heteroatoms. The fraction of sp³-hybridized carbons (Fsp3) is 0.143. The van der Waals surface area contributed by atoms with Crippen LogP contribution in [0.1, 0.15) is 0 Å². The maximum Gasteiger partial charge on any atom is 0.522 e. The maximum absolute atomic E-state index is 10.7. The molecule has 0 saturated carbocycles. The molecule has 2 N–H and O–H groups in total. The summed E-state index contributed by atoms with van der Waals surface area (Å²) < 4.78 is 57.5. The van der Waals surface area contributed by atoms with Crippen LogP contribution in [0.2, 0.25) is 0 Å². The Morgan fingerprint density at radius 2 is 1.40 bits per heavy atom. The van der Waals surface area contributed by atoms with Gasteiger partial charge >= 0.3 is 15.6 Å². The van der Waals surface area contributed by atoms with Crippen molar-refractivity contribution in [2.75, 3.05) is 0 Å². The molecule has 0 amide bonds. The summed E-state index contributed by atoms with van der Waals surface area (Å²) in [5.74, 6) is 0.322. The summed E-state index contributed by atoms with van der Waals surface area (Å²) in [6.07, 6.45) is 0. The van der Waals surface area contributed by atoms with E-state index < -0.39 is 15.6 Å². The Morgan fingerprint density at radius 1 is 1.07 bits per heavy atom. The molecule has 0 fully saturated rings. The highest BCUT2D eigenvalue weighted by Crippen LogP contribution is 2.20. The Kier molecular flexibility index (Phi) is 4.56. The maximum atomic E-state index is 10.7. The lowest BCUT2D eigenvalue weighted by Gasteiger charge is -1.97. The van der Waals surface area contributed by atoms with E-state index in [0.29, 0.717) is 5.75 Å². The van der Waals surface area contributed by atoms with Crippen molar-refractivity contribution in [3.8, 4) is 5.75 Å². The van der Waals surface area contributed by atoms with Crippen LogP contribution in [0.25, 0.3) is 0 Å². The molecule has 0 radical (unpaired) electrons. The van der Waals surface area contributed by atoms with Gasteiger partial charge in [-0.1, -0.05) is 18.2 Å². The minimum absolute atomic E-state index is 0.322. The zero-order valence-electron chi connectivity index (χ0n) is 7.14. The lowest BCUT2D eigenvalue weighted by atomic mass is 10.3. The van der Waals surface area contributed by atoms with E-state index in [1.54, 1.807) is 24.3 Å². The Bertz CT molecular complexity index is 384. The van der Waals surface area contributed by atoms with Crippen molar-refractivity contribution in [1.29, 1.82) is 0 Å². The summed E-state index contributed by atoms with van der Waals surface area (Å²) in [4.78, 5) is 0. The van der Waals surface area contributed by atoms with Gasteiger partial charge in [0.25, 0.3) is 0 Å². The first-order valence-electron chi connectivity index (χ1n) is 3.42. The number of halogens is 3. The van der Waals surface area contributed by atoms with Gasteiger partial charge in [0.2, 0.25) is 0 Å². The predicted molar refractivity (Wildman–Crippen MR) is 45.7 cm³/mol. The van der Waals surface area contributed by atoms with E-state index in [9.17, 15) is 13.2 Å². The van der Waals surface area contributed by atoms with Crippen LogP contribution in [-0.2, 0) is 10.1 Å². The van der Waals surface area contributed by atoms with Crippen LogP contribution in [-0.4, -0.2) is 23.6 Å².